The predicted octanol–water partition coefficient (Wildman–Crippen LogP) is 2.70. The number of alkyl halides is 2. The van der Waals surface area contributed by atoms with E-state index in [0.717, 1.165) is 0 Å². The van der Waals surface area contributed by atoms with Crippen molar-refractivity contribution in [1.82, 2.24) is 9.97 Å². The Hall–Kier alpha value is -1.79. The third kappa shape index (κ3) is 3.40. The summed E-state index contributed by atoms with van der Waals surface area (Å²) in [6.45, 7) is 1.73. The summed E-state index contributed by atoms with van der Waals surface area (Å²) in [6.07, 6.45) is 2.20. The van der Waals surface area contributed by atoms with E-state index < -0.39 is 5.92 Å². The van der Waals surface area contributed by atoms with Gasteiger partial charge < -0.3 is 11.1 Å². The maximum Gasteiger partial charge on any atom is 0.248 e. The van der Waals surface area contributed by atoms with Gasteiger partial charge in [-0.2, -0.15) is 0 Å². The lowest BCUT2D eigenvalue weighted by Gasteiger charge is -2.27. The van der Waals surface area contributed by atoms with E-state index in [9.17, 15) is 13.6 Å². The van der Waals surface area contributed by atoms with Crippen molar-refractivity contribution in [3.8, 4) is 0 Å². The molecule has 1 saturated carbocycles. The smallest absolute Gasteiger partial charge is 0.248 e. The fraction of sp³-hybridized carbons (Fsp3) is 0.615. The minimum absolute atomic E-state index is 0.0900. The molecule has 0 bridgehead atoms. The molecule has 7 heteroatoms. The van der Waals surface area contributed by atoms with Crippen molar-refractivity contribution in [3.05, 3.63) is 12.0 Å². The summed E-state index contributed by atoms with van der Waals surface area (Å²) in [5.74, 6) is -2.18. The Morgan fingerprint density at radius 1 is 1.50 bits per heavy atom. The third-order valence-corrected chi connectivity index (χ3v) is 3.51. The number of anilines is 2. The van der Waals surface area contributed by atoms with E-state index in [1.165, 1.54) is 6.20 Å². The maximum atomic E-state index is 13.1. The van der Waals surface area contributed by atoms with Crippen LogP contribution in [0.25, 0.3) is 0 Å². The summed E-state index contributed by atoms with van der Waals surface area (Å²) in [4.78, 5) is 19.6. The fourth-order valence-corrected chi connectivity index (χ4v) is 2.24. The average Bonchev–Trinajstić information content (AvgIpc) is 2.41. The minimum atomic E-state index is -2.57. The molecule has 5 nitrogen and oxygen atoms in total. The lowest BCUT2D eigenvalue weighted by Crippen LogP contribution is -2.24. The first-order valence-electron chi connectivity index (χ1n) is 6.71. The standard InChI is InChI=1S/C13H18F2N4O/c1-2-10(20)18-9-7-17-12(19-11(9)16)8-3-5-13(14,15)6-4-8/h7-8H,2-6H2,1H3,(H,18,20)(H2,16,17,19). The van der Waals surface area contributed by atoms with Crippen molar-refractivity contribution in [2.45, 2.75) is 50.9 Å². The number of nitrogens with two attached hydrogens (primary N) is 1. The second kappa shape index (κ2) is 5.68. The van der Waals surface area contributed by atoms with Crippen LogP contribution in [-0.4, -0.2) is 21.8 Å². The molecule has 0 aromatic carbocycles. The molecule has 0 radical (unpaired) electrons. The highest BCUT2D eigenvalue weighted by molar-refractivity contribution is 5.92. The van der Waals surface area contributed by atoms with Gasteiger partial charge in [0.1, 0.15) is 11.5 Å². The molecule has 0 atom stereocenters. The van der Waals surface area contributed by atoms with Gasteiger partial charge >= 0.3 is 0 Å². The van der Waals surface area contributed by atoms with Crippen LogP contribution in [0.1, 0.15) is 50.8 Å². The lowest BCUT2D eigenvalue weighted by atomic mass is 9.86. The SMILES string of the molecule is CCC(=O)Nc1cnc(C2CCC(F)(F)CC2)nc1N. The number of rotatable bonds is 3. The summed E-state index contributed by atoms with van der Waals surface area (Å²) in [5, 5.41) is 2.59. The number of halogens is 2. The van der Waals surface area contributed by atoms with Crippen LogP contribution in [0.3, 0.4) is 0 Å². The zero-order valence-corrected chi connectivity index (χ0v) is 11.3. The Balaban J connectivity index is 2.07. The molecule has 1 aromatic rings. The van der Waals surface area contributed by atoms with Gasteiger partial charge in [-0.25, -0.2) is 18.7 Å². The highest BCUT2D eigenvalue weighted by atomic mass is 19.3. The zero-order valence-electron chi connectivity index (χ0n) is 11.3. The summed E-state index contributed by atoms with van der Waals surface area (Å²) in [5.41, 5.74) is 6.13. The predicted molar refractivity (Wildman–Crippen MR) is 71.5 cm³/mol. The number of nitrogens with one attached hydrogen (secondary N) is 1. The van der Waals surface area contributed by atoms with Crippen LogP contribution >= 0.6 is 0 Å². The van der Waals surface area contributed by atoms with E-state index in [1.54, 1.807) is 6.92 Å². The van der Waals surface area contributed by atoms with Gasteiger partial charge in [-0.05, 0) is 12.8 Å². The summed E-state index contributed by atoms with van der Waals surface area (Å²) in [6, 6.07) is 0. The first kappa shape index (κ1) is 14.6. The van der Waals surface area contributed by atoms with Crippen molar-refractivity contribution >= 4 is 17.4 Å². The van der Waals surface area contributed by atoms with Crippen molar-refractivity contribution in [1.29, 1.82) is 0 Å². The Kier molecular flexibility index (Phi) is 4.15. The van der Waals surface area contributed by atoms with Crippen LogP contribution in [0.2, 0.25) is 0 Å². The maximum absolute atomic E-state index is 13.1. The van der Waals surface area contributed by atoms with Crippen molar-refractivity contribution in [2.24, 2.45) is 0 Å². The van der Waals surface area contributed by atoms with Gasteiger partial charge in [-0.15, -0.1) is 0 Å². The zero-order chi connectivity index (χ0) is 14.8. The Morgan fingerprint density at radius 3 is 2.70 bits per heavy atom. The number of hydrogen-bond acceptors (Lipinski definition) is 4. The molecule has 0 saturated heterocycles. The van der Waals surface area contributed by atoms with Gasteiger partial charge in [-0.1, -0.05) is 6.92 Å². The lowest BCUT2D eigenvalue weighted by molar-refractivity contribution is -0.115. The molecule has 1 aliphatic rings. The molecule has 1 fully saturated rings. The van der Waals surface area contributed by atoms with Crippen LogP contribution in [-0.2, 0) is 4.79 Å². The van der Waals surface area contributed by atoms with Crippen LogP contribution in [0.15, 0.2) is 6.20 Å². The minimum Gasteiger partial charge on any atom is -0.382 e. The van der Waals surface area contributed by atoms with Crippen molar-refractivity contribution in [2.75, 3.05) is 11.1 Å². The van der Waals surface area contributed by atoms with Crippen LogP contribution in [0, 0.1) is 0 Å². The highest BCUT2D eigenvalue weighted by Gasteiger charge is 2.36. The van der Waals surface area contributed by atoms with E-state index in [2.05, 4.69) is 15.3 Å². The second-order valence-electron chi connectivity index (χ2n) is 5.06. The Morgan fingerprint density at radius 2 is 2.15 bits per heavy atom. The number of carbonyl (C=O) groups excluding carboxylic acids is 1. The second-order valence-corrected chi connectivity index (χ2v) is 5.06. The summed E-state index contributed by atoms with van der Waals surface area (Å²) in [7, 11) is 0. The largest absolute Gasteiger partial charge is 0.382 e. The number of amides is 1. The molecule has 1 amide bonds. The monoisotopic (exact) mass is 284 g/mol. The molecule has 0 spiro atoms. The molecule has 1 heterocycles. The number of nitrogen functional groups attached to an aromatic ring is 1. The van der Waals surface area contributed by atoms with E-state index in [0.29, 0.717) is 30.8 Å². The average molecular weight is 284 g/mol. The number of nitrogens with zero attached hydrogens (tertiary/aromatic N) is 2. The van der Waals surface area contributed by atoms with Crippen molar-refractivity contribution in [3.63, 3.8) is 0 Å². The Bertz CT molecular complexity index is 497. The van der Waals surface area contributed by atoms with E-state index in [4.69, 9.17) is 5.73 Å². The van der Waals surface area contributed by atoms with Crippen LogP contribution < -0.4 is 11.1 Å². The number of hydrogen-bond donors (Lipinski definition) is 2. The number of carbonyl (C=O) groups is 1. The first-order valence-corrected chi connectivity index (χ1v) is 6.71. The number of aromatic nitrogens is 2. The van der Waals surface area contributed by atoms with Crippen molar-refractivity contribution < 1.29 is 13.6 Å². The first-order chi connectivity index (χ1) is 9.41. The molecule has 110 valence electrons. The third-order valence-electron chi connectivity index (χ3n) is 3.51. The van der Waals surface area contributed by atoms with Gasteiger partial charge in [0.15, 0.2) is 5.82 Å². The van der Waals surface area contributed by atoms with Crippen LogP contribution in [0.4, 0.5) is 20.3 Å². The molecular weight excluding hydrogens is 266 g/mol. The van der Waals surface area contributed by atoms with E-state index in [-0.39, 0.29) is 30.5 Å². The van der Waals surface area contributed by atoms with Gasteiger partial charge in [0, 0.05) is 25.2 Å². The van der Waals surface area contributed by atoms with Crippen LogP contribution in [0.5, 0.6) is 0 Å². The topological polar surface area (TPSA) is 80.9 Å². The van der Waals surface area contributed by atoms with E-state index in [1.807, 2.05) is 0 Å². The van der Waals surface area contributed by atoms with Gasteiger partial charge in [0.05, 0.1) is 6.20 Å². The molecule has 1 aromatic heterocycles. The summed E-state index contributed by atoms with van der Waals surface area (Å²) >= 11 is 0. The molecule has 20 heavy (non-hydrogen) atoms. The van der Waals surface area contributed by atoms with E-state index >= 15 is 0 Å². The molecule has 1 aliphatic carbocycles. The normalized spacial score (nSPS) is 18.8. The molecular formula is C13H18F2N4O. The molecule has 0 unspecified atom stereocenters. The summed E-state index contributed by atoms with van der Waals surface area (Å²) < 4.78 is 26.2. The van der Waals surface area contributed by atoms with Gasteiger partial charge in [-0.3, -0.25) is 4.79 Å². The highest BCUT2D eigenvalue weighted by Crippen LogP contribution is 2.40. The quantitative estimate of drug-likeness (QED) is 0.894. The molecule has 3 N–H and O–H groups in total. The molecule has 2 rings (SSSR count). The fourth-order valence-electron chi connectivity index (χ4n) is 2.24. The van der Waals surface area contributed by atoms with Gasteiger partial charge in [0.2, 0.25) is 11.8 Å². The Labute approximate surface area is 116 Å². The molecule has 0 aliphatic heterocycles. The van der Waals surface area contributed by atoms with Gasteiger partial charge in [0.25, 0.3) is 0 Å².